The highest BCUT2D eigenvalue weighted by atomic mass is 16.5. The van der Waals surface area contributed by atoms with Crippen LogP contribution in [0.15, 0.2) is 18.2 Å². The van der Waals surface area contributed by atoms with Gasteiger partial charge in [0, 0.05) is 18.7 Å². The van der Waals surface area contributed by atoms with Gasteiger partial charge in [-0.3, -0.25) is 14.4 Å². The highest BCUT2D eigenvalue weighted by molar-refractivity contribution is 5.99. The number of anilines is 2. The van der Waals surface area contributed by atoms with E-state index in [2.05, 4.69) is 15.0 Å². The summed E-state index contributed by atoms with van der Waals surface area (Å²) in [4.78, 5) is 39.1. The molecule has 1 aromatic carbocycles. The minimum Gasteiger partial charge on any atom is -0.482 e. The first-order chi connectivity index (χ1) is 12.4. The SMILES string of the molecule is COC(=O)CCC(=O)Nc1ccc2c(c1)N(CCCN(C)C)C(=O)CO2. The number of carbonyl (C=O) groups excluding carboxylic acids is 3. The van der Waals surface area contributed by atoms with E-state index in [4.69, 9.17) is 4.74 Å². The van der Waals surface area contributed by atoms with Crippen molar-refractivity contribution in [2.75, 3.05) is 51.1 Å². The number of nitrogens with zero attached hydrogens (tertiary/aromatic N) is 2. The summed E-state index contributed by atoms with van der Waals surface area (Å²) < 4.78 is 9.99. The molecule has 1 aliphatic rings. The number of carbonyl (C=O) groups is 3. The molecule has 1 N–H and O–H groups in total. The Kier molecular flexibility index (Phi) is 6.97. The molecule has 0 spiro atoms. The number of nitrogens with one attached hydrogen (secondary N) is 1. The van der Waals surface area contributed by atoms with Gasteiger partial charge in [0.2, 0.25) is 5.91 Å². The maximum Gasteiger partial charge on any atom is 0.306 e. The quantitative estimate of drug-likeness (QED) is 0.700. The molecule has 1 aliphatic heterocycles. The van der Waals surface area contributed by atoms with E-state index in [1.54, 1.807) is 23.1 Å². The normalized spacial score (nSPS) is 13.2. The standard InChI is InChI=1S/C18H25N3O5/c1-20(2)9-4-10-21-14-11-13(5-6-15(14)26-12-17(21)23)19-16(22)7-8-18(24)25-3/h5-6,11H,4,7-10,12H2,1-3H3,(H,19,22). The molecule has 0 atom stereocenters. The largest absolute Gasteiger partial charge is 0.482 e. The fourth-order valence-corrected chi connectivity index (χ4v) is 2.61. The molecule has 8 heteroatoms. The van der Waals surface area contributed by atoms with Crippen molar-refractivity contribution in [2.45, 2.75) is 19.3 Å². The molecule has 1 heterocycles. The van der Waals surface area contributed by atoms with Crippen LogP contribution >= 0.6 is 0 Å². The Hall–Kier alpha value is -2.61. The van der Waals surface area contributed by atoms with Gasteiger partial charge in [0.1, 0.15) is 5.75 Å². The molecule has 26 heavy (non-hydrogen) atoms. The lowest BCUT2D eigenvalue weighted by Gasteiger charge is -2.30. The zero-order valence-electron chi connectivity index (χ0n) is 15.4. The molecular formula is C18H25N3O5. The number of hydrogen-bond donors (Lipinski definition) is 1. The lowest BCUT2D eigenvalue weighted by Crippen LogP contribution is -2.40. The molecule has 2 amide bonds. The Bertz CT molecular complexity index is 675. The molecule has 0 bridgehead atoms. The number of benzene rings is 1. The van der Waals surface area contributed by atoms with Gasteiger partial charge in [0.15, 0.2) is 6.61 Å². The van der Waals surface area contributed by atoms with Crippen molar-refractivity contribution in [1.29, 1.82) is 0 Å². The highest BCUT2D eigenvalue weighted by Crippen LogP contribution is 2.34. The summed E-state index contributed by atoms with van der Waals surface area (Å²) in [5.74, 6) is -0.221. The summed E-state index contributed by atoms with van der Waals surface area (Å²) in [6.45, 7) is 1.46. The van der Waals surface area contributed by atoms with Crippen LogP contribution in [0, 0.1) is 0 Å². The van der Waals surface area contributed by atoms with Crippen LogP contribution in [0.4, 0.5) is 11.4 Å². The third-order valence-corrected chi connectivity index (χ3v) is 3.96. The van der Waals surface area contributed by atoms with Crippen LogP contribution in [0.1, 0.15) is 19.3 Å². The van der Waals surface area contributed by atoms with E-state index in [0.29, 0.717) is 23.7 Å². The minimum atomic E-state index is -0.434. The van der Waals surface area contributed by atoms with Crippen LogP contribution in [0.25, 0.3) is 0 Å². The third-order valence-electron chi connectivity index (χ3n) is 3.96. The Labute approximate surface area is 153 Å². The van der Waals surface area contributed by atoms with Crippen LogP contribution in [0.3, 0.4) is 0 Å². The monoisotopic (exact) mass is 363 g/mol. The van der Waals surface area contributed by atoms with E-state index >= 15 is 0 Å². The van der Waals surface area contributed by atoms with Crippen LogP contribution in [-0.2, 0) is 19.1 Å². The van der Waals surface area contributed by atoms with Gasteiger partial charge >= 0.3 is 5.97 Å². The Morgan fingerprint density at radius 2 is 2.08 bits per heavy atom. The maximum absolute atomic E-state index is 12.2. The van der Waals surface area contributed by atoms with Gasteiger partial charge in [-0.1, -0.05) is 0 Å². The second-order valence-electron chi connectivity index (χ2n) is 6.30. The van der Waals surface area contributed by atoms with E-state index in [9.17, 15) is 14.4 Å². The van der Waals surface area contributed by atoms with E-state index in [-0.39, 0.29) is 31.3 Å². The summed E-state index contributed by atoms with van der Waals surface area (Å²) >= 11 is 0. The minimum absolute atomic E-state index is 0.0137. The van der Waals surface area contributed by atoms with E-state index in [0.717, 1.165) is 13.0 Å². The summed E-state index contributed by atoms with van der Waals surface area (Å²) in [7, 11) is 5.25. The Balaban J connectivity index is 2.06. The molecular weight excluding hydrogens is 338 g/mol. The number of fused-ring (bicyclic) bond motifs is 1. The average molecular weight is 363 g/mol. The third kappa shape index (κ3) is 5.45. The van der Waals surface area contributed by atoms with Gasteiger partial charge in [-0.25, -0.2) is 0 Å². The topological polar surface area (TPSA) is 88.2 Å². The van der Waals surface area contributed by atoms with Crippen LogP contribution < -0.4 is 15.0 Å². The molecule has 0 aromatic heterocycles. The number of ether oxygens (including phenoxy) is 2. The molecule has 0 aliphatic carbocycles. The molecule has 0 unspecified atom stereocenters. The second kappa shape index (κ2) is 9.19. The molecule has 0 saturated heterocycles. The van der Waals surface area contributed by atoms with E-state index < -0.39 is 5.97 Å². The molecule has 0 fully saturated rings. The first-order valence-electron chi connectivity index (χ1n) is 8.49. The van der Waals surface area contributed by atoms with Crippen LogP contribution in [0.5, 0.6) is 5.75 Å². The molecule has 142 valence electrons. The molecule has 0 radical (unpaired) electrons. The van der Waals surface area contributed by atoms with Crippen LogP contribution in [0.2, 0.25) is 0 Å². The molecule has 8 nitrogen and oxygen atoms in total. The second-order valence-corrected chi connectivity index (χ2v) is 6.30. The predicted octanol–water partition coefficient (Wildman–Crippen LogP) is 1.26. The van der Waals surface area contributed by atoms with Gasteiger partial charge in [-0.2, -0.15) is 0 Å². The van der Waals surface area contributed by atoms with E-state index in [1.165, 1.54) is 7.11 Å². The average Bonchev–Trinajstić information content (AvgIpc) is 2.61. The predicted molar refractivity (Wildman–Crippen MR) is 97.3 cm³/mol. The zero-order chi connectivity index (χ0) is 19.1. The van der Waals surface area contributed by atoms with Gasteiger partial charge < -0.3 is 24.6 Å². The highest BCUT2D eigenvalue weighted by Gasteiger charge is 2.25. The zero-order valence-corrected chi connectivity index (χ0v) is 15.4. The number of rotatable bonds is 8. The Morgan fingerprint density at radius 3 is 2.77 bits per heavy atom. The summed E-state index contributed by atoms with van der Waals surface area (Å²) in [6.07, 6.45) is 0.880. The number of amides is 2. The van der Waals surface area contributed by atoms with Gasteiger partial charge in [0.25, 0.3) is 5.91 Å². The van der Waals surface area contributed by atoms with Crippen molar-refractivity contribution in [2.24, 2.45) is 0 Å². The first kappa shape index (κ1) is 19.7. The van der Waals surface area contributed by atoms with Crippen LogP contribution in [-0.4, -0.2) is 63.6 Å². The number of esters is 1. The fourth-order valence-electron chi connectivity index (χ4n) is 2.61. The summed E-state index contributed by atoms with van der Waals surface area (Å²) in [6, 6.07) is 5.16. The lowest BCUT2D eigenvalue weighted by atomic mass is 10.2. The Morgan fingerprint density at radius 1 is 1.31 bits per heavy atom. The van der Waals surface area contributed by atoms with Crippen molar-refractivity contribution in [3.63, 3.8) is 0 Å². The van der Waals surface area contributed by atoms with E-state index in [1.807, 2.05) is 14.1 Å². The van der Waals surface area contributed by atoms with Crippen molar-refractivity contribution < 1.29 is 23.9 Å². The van der Waals surface area contributed by atoms with Crippen molar-refractivity contribution in [3.05, 3.63) is 18.2 Å². The number of methoxy groups -OCH3 is 1. The van der Waals surface area contributed by atoms with Crippen molar-refractivity contribution >= 4 is 29.2 Å². The molecule has 0 saturated carbocycles. The van der Waals surface area contributed by atoms with Gasteiger partial charge in [0.05, 0.1) is 19.2 Å². The smallest absolute Gasteiger partial charge is 0.306 e. The van der Waals surface area contributed by atoms with Crippen molar-refractivity contribution in [1.82, 2.24) is 4.90 Å². The molecule has 2 rings (SSSR count). The van der Waals surface area contributed by atoms with Gasteiger partial charge in [-0.15, -0.1) is 0 Å². The summed E-state index contributed by atoms with van der Waals surface area (Å²) in [5, 5.41) is 2.73. The number of hydrogen-bond acceptors (Lipinski definition) is 6. The van der Waals surface area contributed by atoms with Crippen molar-refractivity contribution in [3.8, 4) is 5.75 Å². The molecule has 1 aromatic rings. The fraction of sp³-hybridized carbons (Fsp3) is 0.500. The lowest BCUT2D eigenvalue weighted by molar-refractivity contribution is -0.141. The first-order valence-corrected chi connectivity index (χ1v) is 8.49. The maximum atomic E-state index is 12.2. The summed E-state index contributed by atoms with van der Waals surface area (Å²) in [5.41, 5.74) is 1.19. The van der Waals surface area contributed by atoms with Gasteiger partial charge in [-0.05, 0) is 45.3 Å².